The summed E-state index contributed by atoms with van der Waals surface area (Å²) in [5.74, 6) is 0.707. The summed E-state index contributed by atoms with van der Waals surface area (Å²) >= 11 is 0. The summed E-state index contributed by atoms with van der Waals surface area (Å²) in [6.45, 7) is 5.10. The quantitative estimate of drug-likeness (QED) is 0.216. The number of rotatable bonds is 7. The largest absolute Gasteiger partial charge is 0.507 e. The Hall–Kier alpha value is -4.63. The number of aromatic hydroxyl groups is 1. The molecule has 0 saturated carbocycles. The molecule has 5 aromatic rings. The molecule has 198 valence electrons. The van der Waals surface area contributed by atoms with Crippen molar-refractivity contribution >= 4 is 12.0 Å². The van der Waals surface area contributed by atoms with Crippen LogP contribution in [0, 0.1) is 0 Å². The zero-order valence-electron chi connectivity index (χ0n) is 23.1. The third-order valence-corrected chi connectivity index (χ3v) is 7.89. The lowest BCUT2D eigenvalue weighted by atomic mass is 9.91. The number of benzene rings is 5. The van der Waals surface area contributed by atoms with E-state index >= 15 is 0 Å². The molecule has 0 unspecified atom stereocenters. The third-order valence-electron chi connectivity index (χ3n) is 7.89. The zero-order chi connectivity index (χ0) is 27.5. The monoisotopic (exact) mass is 523 g/mol. The van der Waals surface area contributed by atoms with Crippen LogP contribution in [0.15, 0.2) is 133 Å². The Labute approximate surface area is 237 Å². The minimum absolute atomic E-state index is 0.0528. The Morgan fingerprint density at radius 1 is 0.675 bits per heavy atom. The molecule has 0 amide bonds. The maximum absolute atomic E-state index is 11.2. The molecule has 1 aliphatic rings. The Bertz CT molecular complexity index is 1610. The fourth-order valence-electron chi connectivity index (χ4n) is 5.92. The molecule has 0 radical (unpaired) electrons. The van der Waals surface area contributed by atoms with Crippen LogP contribution in [-0.4, -0.2) is 16.0 Å². The molecule has 3 nitrogen and oxygen atoms in total. The van der Waals surface area contributed by atoms with Crippen LogP contribution in [0.4, 0.5) is 5.69 Å². The number of hydrogen-bond donors (Lipinski definition) is 1. The Morgan fingerprint density at radius 2 is 1.27 bits per heavy atom. The van der Waals surface area contributed by atoms with Crippen LogP contribution in [0.3, 0.4) is 0 Å². The van der Waals surface area contributed by atoms with Crippen molar-refractivity contribution in [2.24, 2.45) is 0 Å². The highest BCUT2D eigenvalue weighted by molar-refractivity contribution is 5.81. The molecule has 40 heavy (non-hydrogen) atoms. The van der Waals surface area contributed by atoms with Crippen LogP contribution < -0.4 is 4.90 Å². The molecule has 1 heterocycles. The predicted octanol–water partition coefficient (Wildman–Crippen LogP) is 8.73. The lowest BCUT2D eigenvalue weighted by molar-refractivity contribution is -0.578. The van der Waals surface area contributed by atoms with Crippen LogP contribution in [0.5, 0.6) is 5.75 Å². The van der Waals surface area contributed by atoms with Crippen molar-refractivity contribution in [1.29, 1.82) is 0 Å². The number of anilines is 1. The maximum atomic E-state index is 11.2. The Morgan fingerprint density at radius 3 is 1.93 bits per heavy atom. The normalized spacial score (nSPS) is 16.8. The lowest BCUT2D eigenvalue weighted by Crippen LogP contribution is -2.27. The second-order valence-corrected chi connectivity index (χ2v) is 10.8. The topological polar surface area (TPSA) is 26.5 Å². The van der Waals surface area contributed by atoms with Crippen molar-refractivity contribution in [2.75, 3.05) is 4.90 Å². The lowest BCUT2D eigenvalue weighted by Gasteiger charge is -2.26. The average Bonchev–Trinajstić information content (AvgIpc) is 3.38. The van der Waals surface area contributed by atoms with Crippen molar-refractivity contribution < 1.29 is 9.68 Å². The third kappa shape index (κ3) is 5.03. The highest BCUT2D eigenvalue weighted by Crippen LogP contribution is 2.45. The molecule has 1 aliphatic heterocycles. The van der Waals surface area contributed by atoms with Crippen molar-refractivity contribution in [3.05, 3.63) is 156 Å². The number of hydrogen-bond acceptors (Lipinski definition) is 2. The van der Waals surface area contributed by atoms with Gasteiger partial charge in [0.25, 0.3) is 0 Å². The Kier molecular flexibility index (Phi) is 7.20. The Balaban J connectivity index is 1.47. The van der Waals surface area contributed by atoms with Gasteiger partial charge in [0, 0.05) is 22.3 Å². The number of para-hydroxylation sites is 1. The SMILES string of the molecule is CC(C)c1ccccc1N1C=[N+](Cc2ccc(-c3ccccc3)cc2O)[C@H](c2ccccc2)[C@H]1c1ccccc1. The molecule has 0 aliphatic carbocycles. The minimum atomic E-state index is 0.0528. The first-order valence-electron chi connectivity index (χ1n) is 14.1. The van der Waals surface area contributed by atoms with Gasteiger partial charge in [-0.05, 0) is 29.2 Å². The van der Waals surface area contributed by atoms with E-state index in [1.54, 1.807) is 0 Å². The van der Waals surface area contributed by atoms with Crippen LogP contribution in [0.1, 0.15) is 54.1 Å². The van der Waals surface area contributed by atoms with Gasteiger partial charge in [-0.1, -0.05) is 135 Å². The predicted molar refractivity (Wildman–Crippen MR) is 165 cm³/mol. The van der Waals surface area contributed by atoms with Gasteiger partial charge >= 0.3 is 0 Å². The molecular weight excluding hydrogens is 488 g/mol. The zero-order valence-corrected chi connectivity index (χ0v) is 23.1. The van der Waals surface area contributed by atoms with Crippen LogP contribution in [0.25, 0.3) is 11.1 Å². The summed E-state index contributed by atoms with van der Waals surface area (Å²) in [4.78, 5) is 2.44. The summed E-state index contributed by atoms with van der Waals surface area (Å²) in [7, 11) is 0. The van der Waals surface area contributed by atoms with Gasteiger partial charge in [0.05, 0.1) is 0 Å². The van der Waals surface area contributed by atoms with Gasteiger partial charge in [0.15, 0.2) is 12.1 Å². The highest BCUT2D eigenvalue weighted by Gasteiger charge is 2.45. The van der Waals surface area contributed by atoms with E-state index in [0.29, 0.717) is 18.2 Å². The molecule has 6 rings (SSSR count). The fraction of sp³-hybridized carbons (Fsp3) is 0.162. The van der Waals surface area contributed by atoms with E-state index in [-0.39, 0.29) is 12.1 Å². The second kappa shape index (κ2) is 11.2. The van der Waals surface area contributed by atoms with E-state index in [2.05, 4.69) is 139 Å². The number of phenolic OH excluding ortho intramolecular Hbond substituents is 1. The van der Waals surface area contributed by atoms with E-state index in [1.165, 1.54) is 22.4 Å². The first-order chi connectivity index (χ1) is 19.6. The van der Waals surface area contributed by atoms with Crippen molar-refractivity contribution in [1.82, 2.24) is 0 Å². The summed E-state index contributed by atoms with van der Waals surface area (Å²) in [6.07, 6.45) is 2.26. The second-order valence-electron chi connectivity index (χ2n) is 10.8. The van der Waals surface area contributed by atoms with Crippen molar-refractivity contribution in [2.45, 2.75) is 38.4 Å². The standard InChI is InChI=1S/C37H34N2O/c1-27(2)33-20-12-13-21-34(33)39-26-38(25-32-23-22-31(24-35(32)40)28-14-6-3-7-15-28)36(29-16-8-4-9-17-29)37(39)30-18-10-5-11-19-30/h3-24,26-27,36-37H,25H2,1-2H3/p+1/t36-,37-/m1/s1. The molecule has 3 heteroatoms. The molecule has 0 bridgehead atoms. The molecule has 0 spiro atoms. The van der Waals surface area contributed by atoms with E-state index in [4.69, 9.17) is 0 Å². The molecule has 0 saturated heterocycles. The van der Waals surface area contributed by atoms with Gasteiger partial charge in [-0.15, -0.1) is 0 Å². The average molecular weight is 524 g/mol. The molecule has 1 N–H and O–H groups in total. The minimum Gasteiger partial charge on any atom is -0.507 e. The highest BCUT2D eigenvalue weighted by atomic mass is 16.3. The van der Waals surface area contributed by atoms with Crippen LogP contribution in [-0.2, 0) is 6.54 Å². The molecular formula is C37H35N2O+. The van der Waals surface area contributed by atoms with E-state index < -0.39 is 0 Å². The van der Waals surface area contributed by atoms with E-state index in [0.717, 1.165) is 16.7 Å². The maximum Gasteiger partial charge on any atom is 0.240 e. The van der Waals surface area contributed by atoms with Gasteiger partial charge in [-0.2, -0.15) is 0 Å². The smallest absolute Gasteiger partial charge is 0.240 e. The molecule has 2 atom stereocenters. The van der Waals surface area contributed by atoms with Gasteiger partial charge in [0.1, 0.15) is 18.0 Å². The van der Waals surface area contributed by atoms with Crippen molar-refractivity contribution in [3.63, 3.8) is 0 Å². The summed E-state index contributed by atoms with van der Waals surface area (Å²) in [5.41, 5.74) is 8.07. The molecule has 0 fully saturated rings. The molecule has 0 aromatic heterocycles. The van der Waals surface area contributed by atoms with Crippen LogP contribution >= 0.6 is 0 Å². The summed E-state index contributed by atoms with van der Waals surface area (Å²) < 4.78 is 2.39. The fourth-order valence-corrected chi connectivity index (χ4v) is 5.92. The first-order valence-corrected chi connectivity index (χ1v) is 14.1. The molecule has 5 aromatic carbocycles. The van der Waals surface area contributed by atoms with Crippen molar-refractivity contribution in [3.8, 4) is 16.9 Å². The van der Waals surface area contributed by atoms with E-state index in [1.807, 2.05) is 24.3 Å². The first kappa shape index (κ1) is 25.6. The number of nitrogens with zero attached hydrogens (tertiary/aromatic N) is 2. The van der Waals surface area contributed by atoms with Crippen LogP contribution in [0.2, 0.25) is 0 Å². The van der Waals surface area contributed by atoms with Gasteiger partial charge in [-0.3, -0.25) is 4.58 Å². The van der Waals surface area contributed by atoms with Gasteiger partial charge in [-0.25, -0.2) is 4.90 Å². The van der Waals surface area contributed by atoms with E-state index in [9.17, 15) is 5.11 Å². The summed E-state index contributed by atoms with van der Waals surface area (Å²) in [5, 5.41) is 11.2. The number of phenols is 1. The van der Waals surface area contributed by atoms with Gasteiger partial charge < -0.3 is 5.11 Å². The summed E-state index contributed by atoms with van der Waals surface area (Å²) in [6, 6.07) is 46.7. The van der Waals surface area contributed by atoms with Gasteiger partial charge in [0.2, 0.25) is 6.34 Å².